The standard InChI is InChI=1S/C9H9NO2/c11-7-4-3-6-2-1-5-10-8(6)9(7)12/h1-5,7,9,11-12H/t7-,9+/m1/s1/i9D. The van der Waals surface area contributed by atoms with Crippen LogP contribution in [0.5, 0.6) is 0 Å². The normalized spacial score (nSPS) is 34.2. The maximum Gasteiger partial charge on any atom is 0.126 e. The van der Waals surface area contributed by atoms with Crippen molar-refractivity contribution in [2.45, 2.75) is 12.2 Å². The van der Waals surface area contributed by atoms with Crippen LogP contribution in [-0.4, -0.2) is 21.3 Å². The van der Waals surface area contributed by atoms with Crippen LogP contribution in [0.1, 0.15) is 18.7 Å². The smallest absolute Gasteiger partial charge is 0.126 e. The first-order valence-electron chi connectivity index (χ1n) is 4.16. The van der Waals surface area contributed by atoms with Gasteiger partial charge in [0.2, 0.25) is 0 Å². The molecule has 2 rings (SSSR count). The number of nitrogens with zero attached hydrogens (tertiary/aromatic N) is 1. The van der Waals surface area contributed by atoms with E-state index in [4.69, 9.17) is 1.37 Å². The monoisotopic (exact) mass is 164 g/mol. The molecule has 3 heteroatoms. The molecule has 0 aliphatic heterocycles. The number of fused-ring (bicyclic) bond motifs is 1. The Labute approximate surface area is 71.4 Å². The second-order valence-corrected chi connectivity index (χ2v) is 2.63. The van der Waals surface area contributed by atoms with Crippen LogP contribution in [0.4, 0.5) is 0 Å². The summed E-state index contributed by atoms with van der Waals surface area (Å²) in [5, 5.41) is 18.9. The molecule has 62 valence electrons. The second kappa shape index (κ2) is 2.69. The summed E-state index contributed by atoms with van der Waals surface area (Å²) in [4.78, 5) is 3.87. The number of aliphatic hydroxyl groups is 2. The Morgan fingerprint density at radius 3 is 3.17 bits per heavy atom. The third kappa shape index (κ3) is 1.03. The molecule has 0 unspecified atom stereocenters. The Hall–Kier alpha value is -1.19. The molecule has 0 amide bonds. The second-order valence-electron chi connectivity index (χ2n) is 2.63. The molecule has 0 saturated heterocycles. The van der Waals surface area contributed by atoms with Crippen LogP contribution >= 0.6 is 0 Å². The van der Waals surface area contributed by atoms with Gasteiger partial charge in [-0.2, -0.15) is 0 Å². The summed E-state index contributed by atoms with van der Waals surface area (Å²) in [7, 11) is 0. The minimum absolute atomic E-state index is 0.199. The molecule has 0 fully saturated rings. The molecule has 2 N–H and O–H groups in total. The zero-order valence-electron chi connectivity index (χ0n) is 7.31. The van der Waals surface area contributed by atoms with Gasteiger partial charge in [0.25, 0.3) is 0 Å². The van der Waals surface area contributed by atoms with Crippen LogP contribution in [0.3, 0.4) is 0 Å². The summed E-state index contributed by atoms with van der Waals surface area (Å²) in [6.07, 6.45) is 1.29. The first kappa shape index (κ1) is 6.34. The lowest BCUT2D eigenvalue weighted by molar-refractivity contribution is 0.0440. The quantitative estimate of drug-likeness (QED) is 0.587. The molecule has 2 atom stereocenters. The van der Waals surface area contributed by atoms with E-state index in [1.54, 1.807) is 18.2 Å². The summed E-state index contributed by atoms with van der Waals surface area (Å²) in [6, 6.07) is 3.46. The maximum absolute atomic E-state index is 9.60. The highest BCUT2D eigenvalue weighted by Gasteiger charge is 2.22. The number of pyridine rings is 1. The minimum Gasteiger partial charge on any atom is -0.386 e. The fraction of sp³-hybridized carbons (Fsp3) is 0.222. The van der Waals surface area contributed by atoms with Gasteiger partial charge >= 0.3 is 0 Å². The summed E-state index contributed by atoms with van der Waals surface area (Å²) in [5.74, 6) is 0. The molecule has 0 saturated carbocycles. The third-order valence-electron chi connectivity index (χ3n) is 1.82. The highest BCUT2D eigenvalue weighted by atomic mass is 16.3. The number of rotatable bonds is 0. The average Bonchev–Trinajstić information content (AvgIpc) is 2.13. The van der Waals surface area contributed by atoms with Crippen molar-refractivity contribution in [1.29, 1.82) is 0 Å². The molecule has 1 aliphatic rings. The van der Waals surface area contributed by atoms with E-state index in [9.17, 15) is 10.2 Å². The zero-order chi connectivity index (χ0) is 9.47. The zero-order valence-corrected chi connectivity index (χ0v) is 6.31. The van der Waals surface area contributed by atoms with Crippen LogP contribution in [0, 0.1) is 0 Å². The van der Waals surface area contributed by atoms with E-state index < -0.39 is 12.2 Å². The lowest BCUT2D eigenvalue weighted by Gasteiger charge is -2.19. The molecule has 12 heavy (non-hydrogen) atoms. The van der Waals surface area contributed by atoms with E-state index in [1.165, 1.54) is 12.3 Å². The van der Waals surface area contributed by atoms with Crippen molar-refractivity contribution in [3.8, 4) is 0 Å². The fourth-order valence-corrected chi connectivity index (χ4v) is 1.19. The summed E-state index contributed by atoms with van der Waals surface area (Å²) in [5.41, 5.74) is 0.871. The lowest BCUT2D eigenvalue weighted by Crippen LogP contribution is -2.20. The van der Waals surface area contributed by atoms with Crippen LogP contribution in [0.2, 0.25) is 0 Å². The van der Waals surface area contributed by atoms with Crippen LogP contribution < -0.4 is 0 Å². The van der Waals surface area contributed by atoms with Gasteiger partial charge in [0, 0.05) is 6.20 Å². The fourth-order valence-electron chi connectivity index (χ4n) is 1.19. The minimum atomic E-state index is -2.02. The number of hydrogen-bond acceptors (Lipinski definition) is 3. The number of aromatic nitrogens is 1. The average molecular weight is 164 g/mol. The highest BCUT2D eigenvalue weighted by molar-refractivity contribution is 5.55. The van der Waals surface area contributed by atoms with Gasteiger partial charge in [0.15, 0.2) is 0 Å². The summed E-state index contributed by atoms with van der Waals surface area (Å²) < 4.78 is 7.51. The van der Waals surface area contributed by atoms with Crippen LogP contribution in [0.15, 0.2) is 24.4 Å². The molecule has 0 aromatic carbocycles. The van der Waals surface area contributed by atoms with Gasteiger partial charge in [-0.3, -0.25) is 4.98 Å². The van der Waals surface area contributed by atoms with Crippen molar-refractivity contribution >= 4 is 6.08 Å². The van der Waals surface area contributed by atoms with Crippen molar-refractivity contribution in [1.82, 2.24) is 4.98 Å². The topological polar surface area (TPSA) is 53.4 Å². The van der Waals surface area contributed by atoms with E-state index in [0.717, 1.165) is 0 Å². The molecule has 1 aliphatic carbocycles. The summed E-state index contributed by atoms with van der Waals surface area (Å²) in [6.45, 7) is 0. The molecule has 1 aromatic heterocycles. The molecule has 0 bridgehead atoms. The third-order valence-corrected chi connectivity index (χ3v) is 1.82. The molecular formula is C9H9NO2. The Morgan fingerprint density at radius 1 is 1.50 bits per heavy atom. The van der Waals surface area contributed by atoms with E-state index in [0.29, 0.717) is 5.56 Å². The molecular weight excluding hydrogens is 154 g/mol. The molecule has 0 spiro atoms. The lowest BCUT2D eigenvalue weighted by atomic mass is 9.98. The Morgan fingerprint density at radius 2 is 2.33 bits per heavy atom. The van der Waals surface area contributed by atoms with Gasteiger partial charge in [0.1, 0.15) is 12.2 Å². The van der Waals surface area contributed by atoms with Gasteiger partial charge < -0.3 is 10.2 Å². The van der Waals surface area contributed by atoms with Crippen molar-refractivity contribution in [3.63, 3.8) is 0 Å². The Balaban J connectivity index is 2.61. The highest BCUT2D eigenvalue weighted by Crippen LogP contribution is 2.25. The SMILES string of the molecule is [2H][C@@]1(O)c2ncccc2C=C[C@H]1O. The predicted molar refractivity (Wildman–Crippen MR) is 44.2 cm³/mol. The van der Waals surface area contributed by atoms with Crippen LogP contribution in [0.25, 0.3) is 6.08 Å². The van der Waals surface area contributed by atoms with Gasteiger partial charge in [-0.15, -0.1) is 0 Å². The van der Waals surface area contributed by atoms with Crippen molar-refractivity contribution in [2.24, 2.45) is 0 Å². The van der Waals surface area contributed by atoms with E-state index >= 15 is 0 Å². The summed E-state index contributed by atoms with van der Waals surface area (Å²) >= 11 is 0. The number of hydrogen-bond donors (Lipinski definition) is 2. The van der Waals surface area contributed by atoms with Gasteiger partial charge in [-0.25, -0.2) is 0 Å². The molecule has 1 heterocycles. The van der Waals surface area contributed by atoms with E-state index in [-0.39, 0.29) is 5.69 Å². The molecule has 1 aromatic rings. The number of aliphatic hydroxyl groups excluding tert-OH is 1. The Bertz CT molecular complexity index is 362. The molecule has 0 radical (unpaired) electrons. The first-order valence-corrected chi connectivity index (χ1v) is 3.66. The van der Waals surface area contributed by atoms with E-state index in [2.05, 4.69) is 4.98 Å². The van der Waals surface area contributed by atoms with Crippen molar-refractivity contribution < 1.29 is 11.6 Å². The van der Waals surface area contributed by atoms with Gasteiger partial charge in [0.05, 0.1) is 7.06 Å². The molecule has 3 nitrogen and oxygen atoms in total. The van der Waals surface area contributed by atoms with Gasteiger partial charge in [-0.05, 0) is 11.6 Å². The Kier molecular flexibility index (Phi) is 1.42. The maximum atomic E-state index is 9.60. The van der Waals surface area contributed by atoms with Gasteiger partial charge in [-0.1, -0.05) is 18.2 Å². The predicted octanol–water partition coefficient (Wildman–Crippen LogP) is 0.503. The largest absolute Gasteiger partial charge is 0.386 e. The van der Waals surface area contributed by atoms with E-state index in [1.807, 2.05) is 0 Å². The van der Waals surface area contributed by atoms with Crippen molar-refractivity contribution in [3.05, 3.63) is 35.7 Å². The first-order chi connectivity index (χ1) is 6.12. The van der Waals surface area contributed by atoms with Crippen LogP contribution in [-0.2, 0) is 0 Å². The van der Waals surface area contributed by atoms with Crippen molar-refractivity contribution in [2.75, 3.05) is 0 Å².